The Labute approximate surface area is 168 Å². The van der Waals surface area contributed by atoms with Gasteiger partial charge in [0.2, 0.25) is 0 Å². The first-order valence-electron chi connectivity index (χ1n) is 8.31. The van der Waals surface area contributed by atoms with Gasteiger partial charge in [0.1, 0.15) is 4.90 Å². The molecule has 1 unspecified atom stereocenters. The summed E-state index contributed by atoms with van der Waals surface area (Å²) in [6.07, 6.45) is 3.17. The first-order valence-corrected chi connectivity index (χ1v) is 10.5. The quantitative estimate of drug-likeness (QED) is 0.510. The van der Waals surface area contributed by atoms with E-state index in [2.05, 4.69) is 10.6 Å². The fourth-order valence-corrected chi connectivity index (χ4v) is 5.04. The van der Waals surface area contributed by atoms with E-state index in [4.69, 9.17) is 28.3 Å². The van der Waals surface area contributed by atoms with E-state index in [0.29, 0.717) is 11.5 Å². The summed E-state index contributed by atoms with van der Waals surface area (Å²) < 4.78 is 24.5. The van der Waals surface area contributed by atoms with Gasteiger partial charge in [-0.1, -0.05) is 29.3 Å². The number of allylic oxidation sites excluding steroid dienone is 1. The van der Waals surface area contributed by atoms with Crippen molar-refractivity contribution in [3.63, 3.8) is 0 Å². The summed E-state index contributed by atoms with van der Waals surface area (Å²) in [4.78, 5) is 11.7. The third kappa shape index (κ3) is 4.51. The molecule has 1 aromatic carbocycles. The highest BCUT2D eigenvalue weighted by molar-refractivity contribution is 7.93. The van der Waals surface area contributed by atoms with Crippen LogP contribution in [0.1, 0.15) is 33.1 Å². The van der Waals surface area contributed by atoms with E-state index in [0.717, 1.165) is 6.42 Å². The minimum atomic E-state index is -4.10. The molecule has 1 aliphatic rings. The largest absolute Gasteiger partial charge is 0.504 e. The molecule has 1 aromatic rings. The number of urea groups is 1. The van der Waals surface area contributed by atoms with Crippen LogP contribution in [0, 0.1) is 0 Å². The van der Waals surface area contributed by atoms with Crippen LogP contribution in [0.3, 0.4) is 0 Å². The third-order valence-electron chi connectivity index (χ3n) is 4.47. The SMILES string of the molecule is CC(C)(CCO)S(=O)(=O)c1c(Cl)ccc(NC(=O)NC2CCC=C2Cl)c1O. The van der Waals surface area contributed by atoms with E-state index < -0.39 is 31.3 Å². The summed E-state index contributed by atoms with van der Waals surface area (Å²) in [5.41, 5.74) is -0.103. The molecule has 0 aromatic heterocycles. The molecule has 0 saturated heterocycles. The maximum Gasteiger partial charge on any atom is 0.319 e. The summed E-state index contributed by atoms with van der Waals surface area (Å²) in [6.45, 7) is 2.51. The van der Waals surface area contributed by atoms with Crippen molar-refractivity contribution >= 4 is 44.8 Å². The Morgan fingerprint density at radius 1 is 1.33 bits per heavy atom. The predicted octanol–water partition coefficient (Wildman–Crippen LogP) is 3.39. The summed E-state index contributed by atoms with van der Waals surface area (Å²) >= 11 is 12.0. The number of halogens is 2. The summed E-state index contributed by atoms with van der Waals surface area (Å²) in [6, 6.07) is 1.62. The Morgan fingerprint density at radius 2 is 2.00 bits per heavy atom. The average molecular weight is 437 g/mol. The van der Waals surface area contributed by atoms with Gasteiger partial charge in [0.05, 0.1) is 21.5 Å². The van der Waals surface area contributed by atoms with Gasteiger partial charge in [-0.25, -0.2) is 13.2 Å². The van der Waals surface area contributed by atoms with Gasteiger partial charge in [-0.2, -0.15) is 0 Å². The van der Waals surface area contributed by atoms with Crippen molar-refractivity contribution in [2.75, 3.05) is 11.9 Å². The van der Waals surface area contributed by atoms with Crippen LogP contribution in [-0.2, 0) is 9.84 Å². The zero-order chi connectivity index (χ0) is 20.4. The zero-order valence-electron chi connectivity index (χ0n) is 14.9. The molecule has 1 atom stereocenters. The van der Waals surface area contributed by atoms with Gasteiger partial charge in [-0.3, -0.25) is 0 Å². The molecule has 27 heavy (non-hydrogen) atoms. The maximum atomic E-state index is 12.9. The molecule has 10 heteroatoms. The molecule has 0 bridgehead atoms. The lowest BCUT2D eigenvalue weighted by molar-refractivity contribution is 0.250. The van der Waals surface area contributed by atoms with E-state index in [9.17, 15) is 18.3 Å². The highest BCUT2D eigenvalue weighted by atomic mass is 35.5. The maximum absolute atomic E-state index is 12.9. The number of aliphatic hydroxyl groups excluding tert-OH is 1. The standard InChI is InChI=1S/C17H22Cl2N2O5S/c1-17(2,8-9-22)27(25,26)15-11(19)6-7-13(14(15)23)21-16(24)20-12-5-3-4-10(12)18/h4,6-7,12,22-23H,3,5,8-9H2,1-2H3,(H2,20,21,24). The predicted molar refractivity (Wildman–Crippen MR) is 105 cm³/mol. The number of hydrogen-bond acceptors (Lipinski definition) is 5. The van der Waals surface area contributed by atoms with Gasteiger partial charge in [-0.05, 0) is 45.2 Å². The fraction of sp³-hybridized carbons (Fsp3) is 0.471. The highest BCUT2D eigenvalue weighted by Gasteiger charge is 2.39. The van der Waals surface area contributed by atoms with Gasteiger partial charge in [0.25, 0.3) is 0 Å². The summed E-state index contributed by atoms with van der Waals surface area (Å²) in [5, 5.41) is 25.1. The van der Waals surface area contributed by atoms with Crippen LogP contribution < -0.4 is 10.6 Å². The van der Waals surface area contributed by atoms with Gasteiger partial charge in [-0.15, -0.1) is 0 Å². The summed E-state index contributed by atoms with van der Waals surface area (Å²) in [5.74, 6) is -0.656. The lowest BCUT2D eigenvalue weighted by Gasteiger charge is -2.25. The second-order valence-corrected chi connectivity index (χ2v) is 10.2. The smallest absolute Gasteiger partial charge is 0.319 e. The number of carbonyl (C=O) groups excluding carboxylic acids is 1. The molecular weight excluding hydrogens is 415 g/mol. The number of carbonyl (C=O) groups is 1. The van der Waals surface area contributed by atoms with Gasteiger partial charge in [0, 0.05) is 11.6 Å². The number of amides is 2. The van der Waals surface area contributed by atoms with E-state index >= 15 is 0 Å². The summed E-state index contributed by atoms with van der Waals surface area (Å²) in [7, 11) is -4.10. The topological polar surface area (TPSA) is 116 Å². The van der Waals surface area contributed by atoms with E-state index in [-0.39, 0.29) is 29.8 Å². The van der Waals surface area contributed by atoms with Gasteiger partial charge < -0.3 is 20.8 Å². The molecule has 4 N–H and O–H groups in total. The number of benzene rings is 1. The molecule has 150 valence electrons. The molecule has 2 amide bonds. The number of aliphatic hydroxyl groups is 1. The highest BCUT2D eigenvalue weighted by Crippen LogP contribution is 2.42. The Kier molecular flexibility index (Phi) is 6.68. The number of phenols is 1. The number of sulfone groups is 1. The van der Waals surface area contributed by atoms with Crippen LogP contribution in [-0.4, -0.2) is 42.1 Å². The van der Waals surface area contributed by atoms with E-state index in [1.54, 1.807) is 6.08 Å². The number of hydrogen-bond donors (Lipinski definition) is 4. The van der Waals surface area contributed by atoms with Crippen LogP contribution in [0.2, 0.25) is 5.02 Å². The van der Waals surface area contributed by atoms with Crippen molar-refractivity contribution in [1.29, 1.82) is 0 Å². The van der Waals surface area contributed by atoms with Crippen molar-refractivity contribution in [1.82, 2.24) is 5.32 Å². The second-order valence-electron chi connectivity index (χ2n) is 6.83. The number of nitrogens with one attached hydrogen (secondary N) is 2. The Bertz CT molecular complexity index is 868. The normalized spacial score (nSPS) is 17.5. The lowest BCUT2D eigenvalue weighted by Crippen LogP contribution is -2.37. The van der Waals surface area contributed by atoms with Crippen LogP contribution >= 0.6 is 23.2 Å². The fourth-order valence-electron chi connectivity index (χ4n) is 2.71. The monoisotopic (exact) mass is 436 g/mol. The van der Waals surface area contributed by atoms with Crippen molar-refractivity contribution in [3.05, 3.63) is 28.3 Å². The minimum absolute atomic E-state index is 0.0459. The number of aromatic hydroxyl groups is 1. The average Bonchev–Trinajstić information content (AvgIpc) is 2.95. The van der Waals surface area contributed by atoms with Gasteiger partial charge >= 0.3 is 6.03 Å². The van der Waals surface area contributed by atoms with Crippen molar-refractivity contribution in [2.45, 2.75) is 48.8 Å². The lowest BCUT2D eigenvalue weighted by atomic mass is 10.1. The molecule has 0 heterocycles. The number of anilines is 1. The molecule has 7 nitrogen and oxygen atoms in total. The first kappa shape index (κ1) is 21.8. The molecule has 0 spiro atoms. The van der Waals surface area contributed by atoms with Crippen LogP contribution in [0.15, 0.2) is 28.1 Å². The molecular formula is C17H22Cl2N2O5S. The van der Waals surface area contributed by atoms with Crippen LogP contribution in [0.25, 0.3) is 0 Å². The Balaban J connectivity index is 2.32. The Hall–Kier alpha value is -1.48. The van der Waals surface area contributed by atoms with Crippen LogP contribution in [0.5, 0.6) is 5.75 Å². The van der Waals surface area contributed by atoms with Crippen molar-refractivity contribution in [3.8, 4) is 5.75 Å². The molecule has 0 fully saturated rings. The second kappa shape index (κ2) is 8.26. The Morgan fingerprint density at radius 3 is 2.56 bits per heavy atom. The molecule has 0 saturated carbocycles. The zero-order valence-corrected chi connectivity index (χ0v) is 17.2. The van der Waals surface area contributed by atoms with Crippen LogP contribution in [0.4, 0.5) is 10.5 Å². The molecule has 0 radical (unpaired) electrons. The van der Waals surface area contributed by atoms with Gasteiger partial charge in [0.15, 0.2) is 15.6 Å². The van der Waals surface area contributed by atoms with Crippen molar-refractivity contribution in [2.24, 2.45) is 0 Å². The molecule has 0 aliphatic heterocycles. The molecule has 1 aliphatic carbocycles. The van der Waals surface area contributed by atoms with Crippen molar-refractivity contribution < 1.29 is 23.4 Å². The first-order chi connectivity index (χ1) is 12.5. The number of phenolic OH excluding ortho intramolecular Hbond substituents is 1. The number of rotatable bonds is 6. The van der Waals surface area contributed by atoms with E-state index in [1.807, 2.05) is 0 Å². The minimum Gasteiger partial charge on any atom is -0.504 e. The molecule has 2 rings (SSSR count). The van der Waals surface area contributed by atoms with E-state index in [1.165, 1.54) is 26.0 Å². The third-order valence-corrected chi connectivity index (χ3v) is 7.93.